The number of nitrogens with one attached hydrogen (secondary N) is 2. The van der Waals surface area contributed by atoms with Gasteiger partial charge in [0.15, 0.2) is 0 Å². The molecule has 1 aliphatic heterocycles. The lowest BCUT2D eigenvalue weighted by Crippen LogP contribution is -2.48. The van der Waals surface area contributed by atoms with Gasteiger partial charge < -0.3 is 10.3 Å². The first kappa shape index (κ1) is 19.4. The van der Waals surface area contributed by atoms with Gasteiger partial charge in [-0.2, -0.15) is 0 Å². The van der Waals surface area contributed by atoms with Crippen LogP contribution in [0.3, 0.4) is 0 Å². The van der Waals surface area contributed by atoms with Gasteiger partial charge >= 0.3 is 0 Å². The number of amidine groups is 1. The van der Waals surface area contributed by atoms with E-state index in [-0.39, 0.29) is 0 Å². The summed E-state index contributed by atoms with van der Waals surface area (Å²) in [6.45, 7) is 10.6. The van der Waals surface area contributed by atoms with E-state index in [1.807, 2.05) is 13.8 Å². The minimum absolute atomic E-state index is 0.370. The lowest BCUT2D eigenvalue weighted by molar-refractivity contribution is 0.139. The van der Waals surface area contributed by atoms with Gasteiger partial charge in [-0.1, -0.05) is 33.1 Å². The molecule has 0 unspecified atom stereocenters. The SMILES string of the molecule is C1CCC(N2CCNCC2)CC1.CC.CC(=N)N(C)N. The van der Waals surface area contributed by atoms with E-state index in [9.17, 15) is 0 Å². The molecule has 0 aromatic rings. The van der Waals surface area contributed by atoms with Gasteiger partial charge in [-0.15, -0.1) is 0 Å². The van der Waals surface area contributed by atoms with E-state index < -0.39 is 0 Å². The molecule has 1 aliphatic carbocycles. The molecular formula is C15H35N5. The Morgan fingerprint density at radius 2 is 1.60 bits per heavy atom. The second-order valence-electron chi connectivity index (χ2n) is 5.27. The molecule has 0 aromatic heterocycles. The summed E-state index contributed by atoms with van der Waals surface area (Å²) in [4.78, 5) is 2.69. The first-order chi connectivity index (χ1) is 9.61. The van der Waals surface area contributed by atoms with Crippen molar-refractivity contribution < 1.29 is 0 Å². The highest BCUT2D eigenvalue weighted by atomic mass is 15.4. The molecule has 20 heavy (non-hydrogen) atoms. The lowest BCUT2D eigenvalue weighted by Gasteiger charge is -2.36. The number of nitrogens with two attached hydrogens (primary N) is 1. The van der Waals surface area contributed by atoms with Crippen molar-refractivity contribution in [1.82, 2.24) is 15.2 Å². The summed E-state index contributed by atoms with van der Waals surface area (Å²) in [6.07, 6.45) is 7.33. The fraction of sp³-hybridized carbons (Fsp3) is 0.933. The van der Waals surface area contributed by atoms with Crippen molar-refractivity contribution in [1.29, 1.82) is 5.41 Å². The van der Waals surface area contributed by atoms with Crippen LogP contribution in [0.1, 0.15) is 52.9 Å². The van der Waals surface area contributed by atoms with E-state index in [0.717, 1.165) is 6.04 Å². The Morgan fingerprint density at radius 1 is 1.15 bits per heavy atom. The van der Waals surface area contributed by atoms with E-state index >= 15 is 0 Å². The van der Waals surface area contributed by atoms with Gasteiger partial charge in [0.2, 0.25) is 0 Å². The van der Waals surface area contributed by atoms with Crippen molar-refractivity contribution >= 4 is 5.84 Å². The summed E-state index contributed by atoms with van der Waals surface area (Å²) < 4.78 is 0. The monoisotopic (exact) mass is 285 g/mol. The van der Waals surface area contributed by atoms with Gasteiger partial charge in [0.1, 0.15) is 5.84 Å². The average molecular weight is 285 g/mol. The van der Waals surface area contributed by atoms with Crippen LogP contribution in [0.15, 0.2) is 0 Å². The molecule has 4 N–H and O–H groups in total. The Balaban J connectivity index is 0.000000387. The standard InChI is InChI=1S/C10H20N2.C3H9N3.C2H6/c1-2-4-10(5-3-1)12-8-6-11-7-9-12;1-3(4)6(2)5;1-2/h10-11H,1-9H2;4H,5H2,1-2H3;1-2H3. The minimum Gasteiger partial charge on any atom is -0.314 e. The van der Waals surface area contributed by atoms with E-state index in [0.29, 0.717) is 5.84 Å². The summed E-state index contributed by atoms with van der Waals surface area (Å²) in [7, 11) is 1.63. The lowest BCUT2D eigenvalue weighted by atomic mass is 9.94. The molecule has 1 heterocycles. The Labute approximate surface area is 125 Å². The minimum atomic E-state index is 0.370. The van der Waals surface area contributed by atoms with Crippen LogP contribution in [-0.4, -0.2) is 55.0 Å². The summed E-state index contributed by atoms with van der Waals surface area (Å²) in [5.74, 6) is 5.41. The van der Waals surface area contributed by atoms with Crippen LogP contribution in [0.5, 0.6) is 0 Å². The predicted molar refractivity (Wildman–Crippen MR) is 88.0 cm³/mol. The highest BCUT2D eigenvalue weighted by Gasteiger charge is 2.21. The number of hydrogen-bond donors (Lipinski definition) is 3. The highest BCUT2D eigenvalue weighted by molar-refractivity contribution is 5.75. The van der Waals surface area contributed by atoms with Crippen LogP contribution < -0.4 is 11.2 Å². The van der Waals surface area contributed by atoms with Crippen LogP contribution in [0.4, 0.5) is 0 Å². The molecule has 0 atom stereocenters. The van der Waals surface area contributed by atoms with Gasteiger partial charge in [0.05, 0.1) is 0 Å². The zero-order valence-electron chi connectivity index (χ0n) is 13.9. The van der Waals surface area contributed by atoms with Crippen molar-refractivity contribution in [2.75, 3.05) is 33.2 Å². The first-order valence-corrected chi connectivity index (χ1v) is 8.09. The third-order valence-electron chi connectivity index (χ3n) is 3.77. The molecule has 1 saturated carbocycles. The van der Waals surface area contributed by atoms with E-state index in [4.69, 9.17) is 11.3 Å². The molecule has 0 bridgehead atoms. The number of rotatable bonds is 1. The summed E-state index contributed by atoms with van der Waals surface area (Å²) in [6, 6.07) is 0.931. The fourth-order valence-electron chi connectivity index (χ4n) is 2.49. The molecule has 2 rings (SSSR count). The Hall–Kier alpha value is -0.650. The van der Waals surface area contributed by atoms with Gasteiger partial charge in [-0.25, -0.2) is 5.84 Å². The average Bonchev–Trinajstić information content (AvgIpc) is 2.51. The van der Waals surface area contributed by atoms with Crippen LogP contribution in [-0.2, 0) is 0 Å². The van der Waals surface area contributed by atoms with Gasteiger partial charge in [0, 0.05) is 39.3 Å². The van der Waals surface area contributed by atoms with Gasteiger partial charge in [-0.3, -0.25) is 10.3 Å². The molecule has 0 spiro atoms. The van der Waals surface area contributed by atoms with Crippen molar-refractivity contribution in [3.05, 3.63) is 0 Å². The molecular weight excluding hydrogens is 250 g/mol. The molecule has 0 radical (unpaired) electrons. The molecule has 5 heteroatoms. The van der Waals surface area contributed by atoms with Gasteiger partial charge in [-0.05, 0) is 19.8 Å². The van der Waals surface area contributed by atoms with Crippen LogP contribution in [0.2, 0.25) is 0 Å². The second-order valence-corrected chi connectivity index (χ2v) is 5.27. The third-order valence-corrected chi connectivity index (χ3v) is 3.77. The quantitative estimate of drug-likeness (QED) is 0.298. The predicted octanol–water partition coefficient (Wildman–Crippen LogP) is 2.04. The molecule has 0 amide bonds. The van der Waals surface area contributed by atoms with E-state index in [1.165, 1.54) is 63.3 Å². The molecule has 120 valence electrons. The van der Waals surface area contributed by atoms with E-state index in [1.54, 1.807) is 14.0 Å². The summed E-state index contributed by atoms with van der Waals surface area (Å²) in [5.41, 5.74) is 0. The number of hydrazine groups is 1. The molecule has 1 saturated heterocycles. The van der Waals surface area contributed by atoms with Crippen LogP contribution in [0.25, 0.3) is 0 Å². The van der Waals surface area contributed by atoms with Gasteiger partial charge in [0.25, 0.3) is 0 Å². The molecule has 5 nitrogen and oxygen atoms in total. The van der Waals surface area contributed by atoms with Crippen molar-refractivity contribution in [3.8, 4) is 0 Å². The van der Waals surface area contributed by atoms with Crippen molar-refractivity contribution in [3.63, 3.8) is 0 Å². The Bertz CT molecular complexity index is 214. The zero-order valence-corrected chi connectivity index (χ0v) is 13.9. The van der Waals surface area contributed by atoms with E-state index in [2.05, 4.69) is 10.2 Å². The van der Waals surface area contributed by atoms with Crippen molar-refractivity contribution in [2.45, 2.75) is 58.9 Å². The largest absolute Gasteiger partial charge is 0.314 e. The topological polar surface area (TPSA) is 68.4 Å². The molecule has 2 fully saturated rings. The number of piperazine rings is 1. The maximum absolute atomic E-state index is 6.75. The normalized spacial score (nSPS) is 20.1. The highest BCUT2D eigenvalue weighted by Crippen LogP contribution is 2.22. The number of nitrogens with zero attached hydrogens (tertiary/aromatic N) is 2. The summed E-state index contributed by atoms with van der Waals surface area (Å²) in [5, 5.41) is 11.4. The van der Waals surface area contributed by atoms with Crippen molar-refractivity contribution in [2.24, 2.45) is 5.84 Å². The zero-order chi connectivity index (χ0) is 15.4. The molecule has 0 aromatic carbocycles. The Morgan fingerprint density at radius 3 is 2.00 bits per heavy atom. The third kappa shape index (κ3) is 8.51. The first-order valence-electron chi connectivity index (χ1n) is 8.09. The smallest absolute Gasteiger partial charge is 0.106 e. The number of hydrogen-bond acceptors (Lipinski definition) is 4. The summed E-state index contributed by atoms with van der Waals surface area (Å²) >= 11 is 0. The maximum atomic E-state index is 6.75. The second kappa shape index (κ2) is 12.1. The fourth-order valence-corrected chi connectivity index (χ4v) is 2.49. The Kier molecular flexibility index (Phi) is 11.7. The maximum Gasteiger partial charge on any atom is 0.106 e. The van der Waals surface area contributed by atoms with Crippen LogP contribution in [0, 0.1) is 5.41 Å². The molecule has 2 aliphatic rings. The van der Waals surface area contributed by atoms with Crippen LogP contribution >= 0.6 is 0 Å².